The molecule has 0 aliphatic carbocycles. The summed E-state index contributed by atoms with van der Waals surface area (Å²) in [5.74, 6) is 3.03. The molecular weight excluding hydrogens is 294 g/mol. The maximum absolute atomic E-state index is 5.78. The van der Waals surface area contributed by atoms with Crippen LogP contribution in [-0.4, -0.2) is 38.3 Å². The van der Waals surface area contributed by atoms with Crippen LogP contribution < -0.4 is 4.74 Å². The van der Waals surface area contributed by atoms with E-state index in [-0.39, 0.29) is 0 Å². The summed E-state index contributed by atoms with van der Waals surface area (Å²) in [7, 11) is 1.64. The van der Waals surface area contributed by atoms with Crippen LogP contribution >= 0.6 is 0 Å². The fourth-order valence-corrected chi connectivity index (χ4v) is 2.72. The van der Waals surface area contributed by atoms with Crippen molar-refractivity contribution in [1.29, 1.82) is 0 Å². The average Bonchev–Trinajstić information content (AvgIpc) is 3.24. The summed E-state index contributed by atoms with van der Waals surface area (Å²) in [5, 5.41) is 8.29. The van der Waals surface area contributed by atoms with Crippen molar-refractivity contribution < 1.29 is 9.15 Å². The van der Waals surface area contributed by atoms with Crippen molar-refractivity contribution in [2.24, 2.45) is 0 Å². The molecule has 1 aliphatic rings. The van der Waals surface area contributed by atoms with E-state index in [0.717, 1.165) is 36.8 Å². The van der Waals surface area contributed by atoms with Crippen molar-refractivity contribution in [3.63, 3.8) is 0 Å². The first-order chi connectivity index (χ1) is 11.3. The van der Waals surface area contributed by atoms with Crippen LogP contribution in [-0.2, 0) is 19.6 Å². The fraction of sp³-hybridized carbons (Fsp3) is 0.312. The van der Waals surface area contributed by atoms with E-state index in [1.165, 1.54) is 0 Å². The van der Waals surface area contributed by atoms with Crippen LogP contribution in [0.15, 0.2) is 41.1 Å². The first-order valence-corrected chi connectivity index (χ1v) is 7.51. The Morgan fingerprint density at radius 2 is 2.04 bits per heavy atom. The number of rotatable bonds is 4. The molecule has 7 heteroatoms. The van der Waals surface area contributed by atoms with Gasteiger partial charge in [-0.05, 0) is 24.3 Å². The third-order valence-corrected chi connectivity index (χ3v) is 3.99. The SMILES string of the molecule is COc1ccc(-c2nnc(CN3CCn4ccnc4C3)o2)cc1. The molecule has 2 aromatic heterocycles. The molecule has 4 rings (SSSR count). The quantitative estimate of drug-likeness (QED) is 0.733. The monoisotopic (exact) mass is 311 g/mol. The number of imidazole rings is 1. The highest BCUT2D eigenvalue weighted by atomic mass is 16.5. The summed E-state index contributed by atoms with van der Waals surface area (Å²) in [6.45, 7) is 3.32. The van der Waals surface area contributed by atoms with Crippen molar-refractivity contribution in [2.45, 2.75) is 19.6 Å². The molecule has 0 atom stereocenters. The molecule has 3 heterocycles. The lowest BCUT2D eigenvalue weighted by atomic mass is 10.2. The Morgan fingerprint density at radius 3 is 2.87 bits per heavy atom. The number of hydrogen-bond acceptors (Lipinski definition) is 6. The second-order valence-corrected chi connectivity index (χ2v) is 5.48. The van der Waals surface area contributed by atoms with Gasteiger partial charge >= 0.3 is 0 Å². The summed E-state index contributed by atoms with van der Waals surface area (Å²) in [5.41, 5.74) is 0.888. The summed E-state index contributed by atoms with van der Waals surface area (Å²) in [6, 6.07) is 7.58. The minimum absolute atomic E-state index is 0.529. The second-order valence-electron chi connectivity index (χ2n) is 5.48. The molecule has 0 saturated heterocycles. The van der Waals surface area contributed by atoms with Crippen LogP contribution in [0.3, 0.4) is 0 Å². The lowest BCUT2D eigenvalue weighted by Gasteiger charge is -2.25. The van der Waals surface area contributed by atoms with E-state index in [1.54, 1.807) is 7.11 Å². The molecule has 0 radical (unpaired) electrons. The molecule has 0 fully saturated rings. The maximum atomic E-state index is 5.78. The number of fused-ring (bicyclic) bond motifs is 1. The van der Waals surface area contributed by atoms with E-state index in [1.807, 2.05) is 36.7 Å². The maximum Gasteiger partial charge on any atom is 0.247 e. The number of methoxy groups -OCH3 is 1. The molecular formula is C16H17N5O2. The molecule has 0 unspecified atom stereocenters. The van der Waals surface area contributed by atoms with E-state index < -0.39 is 0 Å². The Hall–Kier alpha value is -2.67. The molecule has 23 heavy (non-hydrogen) atoms. The fourth-order valence-electron chi connectivity index (χ4n) is 2.72. The number of aromatic nitrogens is 4. The van der Waals surface area contributed by atoms with Crippen LogP contribution in [0.25, 0.3) is 11.5 Å². The zero-order valence-corrected chi connectivity index (χ0v) is 12.8. The topological polar surface area (TPSA) is 69.2 Å². The van der Waals surface area contributed by atoms with Gasteiger partial charge in [0.15, 0.2) is 0 Å². The summed E-state index contributed by atoms with van der Waals surface area (Å²) < 4.78 is 13.1. The van der Waals surface area contributed by atoms with Crippen molar-refractivity contribution >= 4 is 0 Å². The van der Waals surface area contributed by atoms with Gasteiger partial charge in [-0.2, -0.15) is 0 Å². The van der Waals surface area contributed by atoms with E-state index in [0.29, 0.717) is 18.3 Å². The minimum atomic E-state index is 0.529. The van der Waals surface area contributed by atoms with E-state index >= 15 is 0 Å². The predicted octanol–water partition coefficient (Wildman–Crippen LogP) is 1.96. The predicted molar refractivity (Wildman–Crippen MR) is 82.6 cm³/mol. The summed E-state index contributed by atoms with van der Waals surface area (Å²) in [6.07, 6.45) is 3.86. The van der Waals surface area contributed by atoms with Gasteiger partial charge in [0, 0.05) is 31.0 Å². The second kappa shape index (κ2) is 5.85. The summed E-state index contributed by atoms with van der Waals surface area (Å²) >= 11 is 0. The van der Waals surface area contributed by atoms with E-state index in [2.05, 4.69) is 24.6 Å². The van der Waals surface area contributed by atoms with Crippen LogP contribution in [0, 0.1) is 0 Å². The Kier molecular flexibility index (Phi) is 3.55. The van der Waals surface area contributed by atoms with Gasteiger partial charge in [0.05, 0.1) is 20.2 Å². The average molecular weight is 311 g/mol. The van der Waals surface area contributed by atoms with Crippen molar-refractivity contribution in [1.82, 2.24) is 24.6 Å². The Balaban J connectivity index is 1.46. The van der Waals surface area contributed by atoms with Gasteiger partial charge in [0.1, 0.15) is 11.6 Å². The highest BCUT2D eigenvalue weighted by Gasteiger charge is 2.19. The molecule has 0 saturated carbocycles. The zero-order chi connectivity index (χ0) is 15.6. The first kappa shape index (κ1) is 14.0. The molecule has 0 spiro atoms. The van der Waals surface area contributed by atoms with Gasteiger partial charge in [-0.3, -0.25) is 4.90 Å². The highest BCUT2D eigenvalue weighted by molar-refractivity contribution is 5.53. The molecule has 118 valence electrons. The largest absolute Gasteiger partial charge is 0.497 e. The van der Waals surface area contributed by atoms with Gasteiger partial charge in [-0.1, -0.05) is 0 Å². The first-order valence-electron chi connectivity index (χ1n) is 7.51. The molecule has 0 amide bonds. The third kappa shape index (κ3) is 2.83. The Morgan fingerprint density at radius 1 is 1.17 bits per heavy atom. The van der Waals surface area contributed by atoms with Crippen molar-refractivity contribution in [3.05, 3.63) is 48.4 Å². The molecule has 1 aromatic carbocycles. The van der Waals surface area contributed by atoms with Gasteiger partial charge in [0.25, 0.3) is 0 Å². The van der Waals surface area contributed by atoms with E-state index in [4.69, 9.17) is 9.15 Å². The normalized spacial score (nSPS) is 14.7. The van der Waals surface area contributed by atoms with Gasteiger partial charge in [-0.25, -0.2) is 4.98 Å². The van der Waals surface area contributed by atoms with Gasteiger partial charge in [0.2, 0.25) is 11.8 Å². The van der Waals surface area contributed by atoms with Gasteiger partial charge in [-0.15, -0.1) is 10.2 Å². The standard InChI is InChI=1S/C16H17N5O2/c1-22-13-4-2-12(3-5-13)16-19-18-15(23-16)11-20-8-9-21-7-6-17-14(21)10-20/h2-7H,8-11H2,1H3. The van der Waals surface area contributed by atoms with Crippen LogP contribution in [0.5, 0.6) is 5.75 Å². The molecule has 1 aliphatic heterocycles. The van der Waals surface area contributed by atoms with Gasteiger partial charge < -0.3 is 13.7 Å². The number of ether oxygens (including phenoxy) is 1. The highest BCUT2D eigenvalue weighted by Crippen LogP contribution is 2.22. The molecule has 0 N–H and O–H groups in total. The molecule has 7 nitrogen and oxygen atoms in total. The van der Waals surface area contributed by atoms with Crippen LogP contribution in [0.4, 0.5) is 0 Å². The van der Waals surface area contributed by atoms with E-state index in [9.17, 15) is 0 Å². The lowest BCUT2D eigenvalue weighted by Crippen LogP contribution is -2.33. The molecule has 0 bridgehead atoms. The minimum Gasteiger partial charge on any atom is -0.497 e. The van der Waals surface area contributed by atoms with Crippen LogP contribution in [0.2, 0.25) is 0 Å². The third-order valence-electron chi connectivity index (χ3n) is 3.99. The Labute approximate surface area is 133 Å². The van der Waals surface area contributed by atoms with Crippen molar-refractivity contribution in [2.75, 3.05) is 13.7 Å². The van der Waals surface area contributed by atoms with Crippen molar-refractivity contribution in [3.8, 4) is 17.2 Å². The zero-order valence-electron chi connectivity index (χ0n) is 12.8. The summed E-state index contributed by atoms with van der Waals surface area (Å²) in [4.78, 5) is 6.62. The lowest BCUT2D eigenvalue weighted by molar-refractivity contribution is 0.191. The Bertz CT molecular complexity index is 793. The number of hydrogen-bond donors (Lipinski definition) is 0. The molecule has 3 aromatic rings. The smallest absolute Gasteiger partial charge is 0.247 e. The number of nitrogens with zero attached hydrogens (tertiary/aromatic N) is 5. The number of benzene rings is 1. The van der Waals surface area contributed by atoms with Crippen LogP contribution in [0.1, 0.15) is 11.7 Å².